The van der Waals surface area contributed by atoms with Gasteiger partial charge in [0.25, 0.3) is 11.1 Å². The van der Waals surface area contributed by atoms with E-state index in [1.807, 2.05) is 0 Å². The smallest absolute Gasteiger partial charge is 0.315 e. The summed E-state index contributed by atoms with van der Waals surface area (Å²) in [5.74, 6) is -1.35. The number of phenols is 1. The van der Waals surface area contributed by atoms with Crippen molar-refractivity contribution in [1.82, 2.24) is 0 Å². The first-order valence-electron chi connectivity index (χ1n) is 7.41. The maximum atomic E-state index is 12.7. The summed E-state index contributed by atoms with van der Waals surface area (Å²) in [4.78, 5) is 36.3. The van der Waals surface area contributed by atoms with Crippen molar-refractivity contribution in [3.63, 3.8) is 0 Å². The molecule has 0 unspecified atom stereocenters. The standard InChI is InChI=1S/C17H11ClN2O6S/c1-26-13-7-9(6-12(15(13)21)20(24)25)8-14-16(22)19(17(23)27-14)11-5-3-2-4-10(11)18/h2-8,21H,1H3/b14-8-. The number of benzene rings is 2. The van der Waals surface area contributed by atoms with Crippen LogP contribution in [0.25, 0.3) is 6.08 Å². The van der Waals surface area contributed by atoms with Crippen molar-refractivity contribution in [3.8, 4) is 11.5 Å². The van der Waals surface area contributed by atoms with Crippen molar-refractivity contribution >= 4 is 52.0 Å². The Morgan fingerprint density at radius 2 is 2.00 bits per heavy atom. The number of imide groups is 1. The molecule has 27 heavy (non-hydrogen) atoms. The molecular formula is C17H11ClN2O6S. The van der Waals surface area contributed by atoms with E-state index in [9.17, 15) is 24.8 Å². The topological polar surface area (TPSA) is 110 Å². The minimum absolute atomic E-state index is 0.0574. The Morgan fingerprint density at radius 3 is 2.63 bits per heavy atom. The maximum absolute atomic E-state index is 12.7. The van der Waals surface area contributed by atoms with Crippen LogP contribution in [0.5, 0.6) is 11.5 Å². The normalized spacial score (nSPS) is 15.5. The van der Waals surface area contributed by atoms with Crippen molar-refractivity contribution in [2.75, 3.05) is 12.0 Å². The van der Waals surface area contributed by atoms with Gasteiger partial charge in [0.15, 0.2) is 5.75 Å². The molecule has 138 valence electrons. The van der Waals surface area contributed by atoms with E-state index in [4.69, 9.17) is 16.3 Å². The first-order valence-corrected chi connectivity index (χ1v) is 8.60. The number of halogens is 1. The molecule has 2 aromatic carbocycles. The predicted molar refractivity (Wildman–Crippen MR) is 101 cm³/mol. The molecule has 0 atom stereocenters. The minimum atomic E-state index is -0.773. The number of hydrogen-bond acceptors (Lipinski definition) is 7. The molecule has 1 aliphatic rings. The fourth-order valence-electron chi connectivity index (χ4n) is 2.45. The van der Waals surface area contributed by atoms with Crippen molar-refractivity contribution in [1.29, 1.82) is 0 Å². The summed E-state index contributed by atoms with van der Waals surface area (Å²) in [6.07, 6.45) is 1.32. The summed E-state index contributed by atoms with van der Waals surface area (Å²) in [5, 5.41) is 20.6. The number of nitrogens with zero attached hydrogens (tertiary/aromatic N) is 2. The largest absolute Gasteiger partial charge is 0.500 e. The highest BCUT2D eigenvalue weighted by Gasteiger charge is 2.37. The van der Waals surface area contributed by atoms with Crippen LogP contribution in [0.2, 0.25) is 5.02 Å². The number of ether oxygens (including phenoxy) is 1. The lowest BCUT2D eigenvalue weighted by Crippen LogP contribution is -2.27. The highest BCUT2D eigenvalue weighted by Crippen LogP contribution is 2.41. The van der Waals surface area contributed by atoms with Gasteiger partial charge < -0.3 is 9.84 Å². The van der Waals surface area contributed by atoms with Gasteiger partial charge in [-0.25, -0.2) is 4.90 Å². The molecule has 0 saturated carbocycles. The summed E-state index contributed by atoms with van der Waals surface area (Å²) in [7, 11) is 1.24. The summed E-state index contributed by atoms with van der Waals surface area (Å²) in [6.45, 7) is 0. The van der Waals surface area contributed by atoms with Crippen LogP contribution in [0.1, 0.15) is 5.56 Å². The molecule has 1 saturated heterocycles. The molecule has 0 aromatic heterocycles. The van der Waals surface area contributed by atoms with Crippen LogP contribution in [-0.2, 0) is 4.79 Å². The van der Waals surface area contributed by atoms with Gasteiger partial charge in [-0.2, -0.15) is 0 Å². The second-order valence-electron chi connectivity index (χ2n) is 5.32. The van der Waals surface area contributed by atoms with E-state index < -0.39 is 27.5 Å². The zero-order valence-electron chi connectivity index (χ0n) is 13.7. The van der Waals surface area contributed by atoms with Gasteiger partial charge in [-0.1, -0.05) is 23.7 Å². The number of thioether (sulfide) groups is 1. The highest BCUT2D eigenvalue weighted by molar-refractivity contribution is 8.19. The number of aromatic hydroxyl groups is 1. The lowest BCUT2D eigenvalue weighted by atomic mass is 10.1. The molecule has 1 N–H and O–H groups in total. The number of methoxy groups -OCH3 is 1. The Hall–Kier alpha value is -3.04. The third kappa shape index (κ3) is 3.46. The predicted octanol–water partition coefficient (Wildman–Crippen LogP) is 4.20. The lowest BCUT2D eigenvalue weighted by molar-refractivity contribution is -0.386. The SMILES string of the molecule is COc1cc(/C=C2\SC(=O)N(c3ccccc3Cl)C2=O)cc([N+](=O)[O-])c1O. The molecule has 2 amide bonds. The molecular weight excluding hydrogens is 396 g/mol. The van der Waals surface area contributed by atoms with Crippen LogP contribution in [-0.4, -0.2) is 28.3 Å². The number of carbonyl (C=O) groups is 2. The van der Waals surface area contributed by atoms with Crippen LogP contribution >= 0.6 is 23.4 Å². The van der Waals surface area contributed by atoms with E-state index in [0.717, 1.165) is 11.0 Å². The number of nitro groups is 1. The van der Waals surface area contributed by atoms with Crippen molar-refractivity contribution in [3.05, 3.63) is 62.0 Å². The van der Waals surface area contributed by atoms with E-state index in [1.54, 1.807) is 18.2 Å². The molecule has 3 rings (SSSR count). The Balaban J connectivity index is 2.03. The van der Waals surface area contributed by atoms with E-state index >= 15 is 0 Å². The molecule has 0 spiro atoms. The van der Waals surface area contributed by atoms with Gasteiger partial charge in [0, 0.05) is 6.07 Å². The monoisotopic (exact) mass is 406 g/mol. The van der Waals surface area contributed by atoms with E-state index in [1.165, 1.54) is 25.3 Å². The zero-order chi connectivity index (χ0) is 19.7. The first kappa shape index (κ1) is 18.7. The van der Waals surface area contributed by atoms with Gasteiger partial charge in [-0.15, -0.1) is 0 Å². The van der Waals surface area contributed by atoms with E-state index in [2.05, 4.69) is 0 Å². The lowest BCUT2D eigenvalue weighted by Gasteiger charge is -2.13. The van der Waals surface area contributed by atoms with Crippen LogP contribution < -0.4 is 9.64 Å². The minimum Gasteiger partial charge on any atom is -0.500 e. The number of rotatable bonds is 4. The number of carbonyl (C=O) groups excluding carboxylic acids is 2. The second-order valence-corrected chi connectivity index (χ2v) is 6.72. The van der Waals surface area contributed by atoms with Crippen LogP contribution in [0.4, 0.5) is 16.2 Å². The molecule has 1 fully saturated rings. The molecule has 0 bridgehead atoms. The van der Waals surface area contributed by atoms with Gasteiger partial charge in [-0.3, -0.25) is 19.7 Å². The first-order chi connectivity index (χ1) is 12.8. The quantitative estimate of drug-likeness (QED) is 0.460. The number of hydrogen-bond donors (Lipinski definition) is 1. The summed E-state index contributed by atoms with van der Waals surface area (Å²) in [5.41, 5.74) is -0.105. The Bertz CT molecular complexity index is 1010. The zero-order valence-corrected chi connectivity index (χ0v) is 15.3. The van der Waals surface area contributed by atoms with Crippen LogP contribution in [0.15, 0.2) is 41.3 Å². The Kier molecular flexibility index (Phi) is 5.06. The van der Waals surface area contributed by atoms with Crippen molar-refractivity contribution in [2.24, 2.45) is 0 Å². The van der Waals surface area contributed by atoms with Gasteiger partial charge in [0.1, 0.15) is 0 Å². The Labute approximate surface area is 162 Å². The average Bonchev–Trinajstić information content (AvgIpc) is 2.90. The fraction of sp³-hybridized carbons (Fsp3) is 0.0588. The third-order valence-electron chi connectivity index (χ3n) is 3.68. The number of anilines is 1. The van der Waals surface area contributed by atoms with Crippen molar-refractivity contribution < 1.29 is 24.4 Å². The molecule has 1 heterocycles. The molecule has 2 aromatic rings. The maximum Gasteiger partial charge on any atom is 0.315 e. The summed E-state index contributed by atoms with van der Waals surface area (Å²) in [6, 6.07) is 8.81. The second kappa shape index (κ2) is 7.29. The van der Waals surface area contributed by atoms with Gasteiger partial charge in [0.2, 0.25) is 5.75 Å². The highest BCUT2D eigenvalue weighted by atomic mass is 35.5. The number of nitro benzene ring substituents is 1. The molecule has 10 heteroatoms. The average molecular weight is 407 g/mol. The number of para-hydroxylation sites is 1. The number of amides is 2. The van der Waals surface area contributed by atoms with Gasteiger partial charge >= 0.3 is 5.69 Å². The Morgan fingerprint density at radius 1 is 1.30 bits per heavy atom. The van der Waals surface area contributed by atoms with Gasteiger partial charge in [-0.05, 0) is 41.6 Å². The number of phenolic OH excluding ortho intramolecular Hbond substituents is 1. The molecule has 0 aliphatic carbocycles. The van der Waals surface area contributed by atoms with E-state index in [-0.39, 0.29) is 26.9 Å². The molecule has 8 nitrogen and oxygen atoms in total. The molecule has 1 aliphatic heterocycles. The van der Waals surface area contributed by atoms with E-state index in [0.29, 0.717) is 11.8 Å². The van der Waals surface area contributed by atoms with Crippen molar-refractivity contribution in [2.45, 2.75) is 0 Å². The summed E-state index contributed by atoms with van der Waals surface area (Å²) >= 11 is 6.74. The fourth-order valence-corrected chi connectivity index (χ4v) is 3.51. The van der Waals surface area contributed by atoms with Crippen LogP contribution in [0.3, 0.4) is 0 Å². The third-order valence-corrected chi connectivity index (χ3v) is 4.87. The van der Waals surface area contributed by atoms with Gasteiger partial charge in [0.05, 0.1) is 27.6 Å². The summed E-state index contributed by atoms with van der Waals surface area (Å²) < 4.78 is 4.92. The van der Waals surface area contributed by atoms with Crippen LogP contribution in [0, 0.1) is 10.1 Å². The molecule has 0 radical (unpaired) electrons.